The predicted octanol–water partition coefficient (Wildman–Crippen LogP) is 0.163. The molecule has 1 unspecified atom stereocenters. The number of aliphatic hydroxyl groups is 1. The summed E-state index contributed by atoms with van der Waals surface area (Å²) in [6.07, 6.45) is -0.264. The van der Waals surface area contributed by atoms with Gasteiger partial charge in [-0.25, -0.2) is 12.8 Å². The summed E-state index contributed by atoms with van der Waals surface area (Å²) in [5, 5.41) is 9.31. The summed E-state index contributed by atoms with van der Waals surface area (Å²) in [4.78, 5) is -0.177. The van der Waals surface area contributed by atoms with Crippen LogP contribution in [0.1, 0.15) is 6.42 Å². The second-order valence-electron chi connectivity index (χ2n) is 4.03. The minimum Gasteiger partial charge on any atom is -0.399 e. The van der Waals surface area contributed by atoms with Crippen molar-refractivity contribution in [2.75, 3.05) is 18.8 Å². The fourth-order valence-corrected chi connectivity index (χ4v) is 3.37. The molecule has 7 heteroatoms. The Kier molecular flexibility index (Phi) is 3.07. The van der Waals surface area contributed by atoms with Crippen molar-refractivity contribution < 1.29 is 17.9 Å². The van der Waals surface area contributed by atoms with Gasteiger partial charge in [0.15, 0.2) is 0 Å². The van der Waals surface area contributed by atoms with E-state index in [1.807, 2.05) is 0 Å². The molecule has 2 rings (SSSR count). The van der Waals surface area contributed by atoms with Gasteiger partial charge in [0.25, 0.3) is 0 Å². The zero-order valence-corrected chi connectivity index (χ0v) is 9.82. The average molecular weight is 260 g/mol. The number of β-amino-alcohol motifs (C(OH)–C–C–N with tert-alkyl or cyclic N) is 1. The van der Waals surface area contributed by atoms with Crippen molar-refractivity contribution >= 4 is 15.7 Å². The third kappa shape index (κ3) is 2.41. The number of hydrogen-bond acceptors (Lipinski definition) is 4. The number of nitrogens with two attached hydrogens (primary N) is 1. The zero-order chi connectivity index (χ0) is 12.6. The van der Waals surface area contributed by atoms with Gasteiger partial charge in [0.05, 0.1) is 11.0 Å². The van der Waals surface area contributed by atoms with Gasteiger partial charge in [0, 0.05) is 18.8 Å². The second kappa shape index (κ2) is 4.25. The maximum Gasteiger partial charge on any atom is 0.243 e. The van der Waals surface area contributed by atoms with Crippen LogP contribution in [0.15, 0.2) is 23.1 Å². The van der Waals surface area contributed by atoms with Crippen molar-refractivity contribution in [1.82, 2.24) is 4.31 Å². The van der Waals surface area contributed by atoms with Crippen LogP contribution in [0.3, 0.4) is 0 Å². The summed E-state index contributed by atoms with van der Waals surface area (Å²) in [6, 6.07) is 3.19. The Labute approximate surface area is 98.7 Å². The van der Waals surface area contributed by atoms with Gasteiger partial charge in [-0.1, -0.05) is 0 Å². The molecular formula is C10H13FN2O3S. The monoisotopic (exact) mass is 260 g/mol. The molecule has 1 aliphatic rings. The lowest BCUT2D eigenvalue weighted by atomic mass is 10.3. The van der Waals surface area contributed by atoms with Gasteiger partial charge < -0.3 is 10.8 Å². The molecule has 0 radical (unpaired) electrons. The molecule has 0 amide bonds. The predicted molar refractivity (Wildman–Crippen MR) is 60.2 cm³/mol. The molecule has 1 atom stereocenters. The summed E-state index contributed by atoms with van der Waals surface area (Å²) in [5.41, 5.74) is 5.47. The normalized spacial score (nSPS) is 21.9. The Bertz CT molecular complexity index is 512. The van der Waals surface area contributed by atoms with Crippen molar-refractivity contribution in [3.05, 3.63) is 24.0 Å². The molecule has 1 aromatic rings. The minimum atomic E-state index is -3.76. The van der Waals surface area contributed by atoms with Gasteiger partial charge >= 0.3 is 0 Å². The SMILES string of the molecule is Nc1cc(F)cc(S(=O)(=O)N2CCC(O)C2)c1. The molecular weight excluding hydrogens is 247 g/mol. The lowest BCUT2D eigenvalue weighted by Crippen LogP contribution is -2.29. The smallest absolute Gasteiger partial charge is 0.243 e. The number of aliphatic hydroxyl groups excluding tert-OH is 1. The van der Waals surface area contributed by atoms with Crippen LogP contribution in [0.4, 0.5) is 10.1 Å². The molecule has 94 valence electrons. The Morgan fingerprint density at radius 2 is 2.12 bits per heavy atom. The first-order valence-electron chi connectivity index (χ1n) is 5.14. The van der Waals surface area contributed by atoms with E-state index in [0.717, 1.165) is 16.4 Å². The molecule has 1 fully saturated rings. The zero-order valence-electron chi connectivity index (χ0n) is 9.01. The highest BCUT2D eigenvalue weighted by molar-refractivity contribution is 7.89. The molecule has 0 aliphatic carbocycles. The van der Waals surface area contributed by atoms with Gasteiger partial charge in [-0.05, 0) is 24.6 Å². The van der Waals surface area contributed by atoms with E-state index in [-0.39, 0.29) is 23.7 Å². The molecule has 0 aromatic heterocycles. The maximum absolute atomic E-state index is 13.1. The highest BCUT2D eigenvalue weighted by atomic mass is 32.2. The lowest BCUT2D eigenvalue weighted by molar-refractivity contribution is 0.189. The van der Waals surface area contributed by atoms with Crippen molar-refractivity contribution in [2.45, 2.75) is 17.4 Å². The summed E-state index contributed by atoms with van der Waals surface area (Å²) in [5.74, 6) is -0.691. The fraction of sp³-hybridized carbons (Fsp3) is 0.400. The Balaban J connectivity index is 2.38. The fourth-order valence-electron chi connectivity index (χ4n) is 1.81. The van der Waals surface area contributed by atoms with E-state index in [4.69, 9.17) is 5.73 Å². The number of rotatable bonds is 2. The molecule has 1 saturated heterocycles. The molecule has 1 heterocycles. The first kappa shape index (κ1) is 12.3. The van der Waals surface area contributed by atoms with Crippen LogP contribution in [-0.4, -0.2) is 37.0 Å². The van der Waals surface area contributed by atoms with E-state index >= 15 is 0 Å². The van der Waals surface area contributed by atoms with Crippen LogP contribution < -0.4 is 5.73 Å². The molecule has 17 heavy (non-hydrogen) atoms. The number of benzene rings is 1. The van der Waals surface area contributed by atoms with E-state index in [1.54, 1.807) is 0 Å². The number of hydrogen-bond donors (Lipinski definition) is 2. The van der Waals surface area contributed by atoms with E-state index in [0.29, 0.717) is 6.42 Å². The van der Waals surface area contributed by atoms with Crippen molar-refractivity contribution in [3.8, 4) is 0 Å². The van der Waals surface area contributed by atoms with E-state index < -0.39 is 21.9 Å². The molecule has 0 bridgehead atoms. The van der Waals surface area contributed by atoms with Crippen LogP contribution in [0.5, 0.6) is 0 Å². The molecule has 0 spiro atoms. The van der Waals surface area contributed by atoms with Crippen molar-refractivity contribution in [2.24, 2.45) is 0 Å². The molecule has 1 aliphatic heterocycles. The first-order valence-corrected chi connectivity index (χ1v) is 6.58. The molecule has 0 saturated carbocycles. The minimum absolute atomic E-state index is 0.0404. The highest BCUT2D eigenvalue weighted by Crippen LogP contribution is 2.23. The van der Waals surface area contributed by atoms with Crippen LogP contribution in [0.25, 0.3) is 0 Å². The van der Waals surface area contributed by atoms with E-state index in [1.165, 1.54) is 6.07 Å². The average Bonchev–Trinajstić information content (AvgIpc) is 2.64. The van der Waals surface area contributed by atoms with Gasteiger partial charge in [-0.2, -0.15) is 4.31 Å². The summed E-state index contributed by atoms with van der Waals surface area (Å²) >= 11 is 0. The number of anilines is 1. The quantitative estimate of drug-likeness (QED) is 0.742. The molecule has 3 N–H and O–H groups in total. The topological polar surface area (TPSA) is 83.6 Å². The van der Waals surface area contributed by atoms with Gasteiger partial charge in [-0.3, -0.25) is 0 Å². The van der Waals surface area contributed by atoms with Gasteiger partial charge in [-0.15, -0.1) is 0 Å². The van der Waals surface area contributed by atoms with Gasteiger partial charge in [0.1, 0.15) is 5.82 Å². The van der Waals surface area contributed by atoms with E-state index in [9.17, 15) is 17.9 Å². The lowest BCUT2D eigenvalue weighted by Gasteiger charge is -2.16. The summed E-state index contributed by atoms with van der Waals surface area (Å²) in [7, 11) is -3.76. The number of nitrogens with zero attached hydrogens (tertiary/aromatic N) is 1. The summed E-state index contributed by atoms with van der Waals surface area (Å²) in [6.45, 7) is 0.276. The number of nitrogen functional groups attached to an aromatic ring is 1. The van der Waals surface area contributed by atoms with Crippen LogP contribution >= 0.6 is 0 Å². The Morgan fingerprint density at radius 3 is 2.65 bits per heavy atom. The number of sulfonamides is 1. The molecule has 5 nitrogen and oxygen atoms in total. The Hall–Kier alpha value is -1.18. The van der Waals surface area contributed by atoms with E-state index in [2.05, 4.69) is 0 Å². The van der Waals surface area contributed by atoms with Gasteiger partial charge in [0.2, 0.25) is 10.0 Å². The number of halogens is 1. The third-order valence-corrected chi connectivity index (χ3v) is 4.50. The maximum atomic E-state index is 13.1. The highest BCUT2D eigenvalue weighted by Gasteiger charge is 2.31. The molecule has 1 aromatic carbocycles. The van der Waals surface area contributed by atoms with Crippen molar-refractivity contribution in [1.29, 1.82) is 0 Å². The van der Waals surface area contributed by atoms with Crippen molar-refractivity contribution in [3.63, 3.8) is 0 Å². The first-order chi connectivity index (χ1) is 7.89. The van der Waals surface area contributed by atoms with Crippen LogP contribution in [0, 0.1) is 5.82 Å². The standard InChI is InChI=1S/C10H13FN2O3S/c11-7-3-8(12)5-10(4-7)17(15,16)13-2-1-9(14)6-13/h3-5,9,14H,1-2,6,12H2. The van der Waals surface area contributed by atoms with Crippen LogP contribution in [0.2, 0.25) is 0 Å². The second-order valence-corrected chi connectivity index (χ2v) is 5.96. The summed E-state index contributed by atoms with van der Waals surface area (Å²) < 4.78 is 38.4. The third-order valence-electron chi connectivity index (χ3n) is 2.66. The largest absolute Gasteiger partial charge is 0.399 e. The Morgan fingerprint density at radius 1 is 1.41 bits per heavy atom. The van der Waals surface area contributed by atoms with Crippen LogP contribution in [-0.2, 0) is 10.0 Å².